The van der Waals surface area contributed by atoms with Crippen molar-refractivity contribution in [1.82, 2.24) is 14.8 Å². The number of para-hydroxylation sites is 2. The second kappa shape index (κ2) is 7.09. The standard InChI is InChI=1S/C20H19N5O2/c1-26-19-5-3-2-4-18(19)25-11-14(10-23-25)17-8-15(13-6-7-27-12-13)16(9-21)20(22)24-17/h2-5,8,10-11,13H,6-7,12H2,1H3,(H2,22,24)/t13-/m1/s1. The Hall–Kier alpha value is -3.37. The lowest BCUT2D eigenvalue weighted by Gasteiger charge is -2.13. The Bertz CT molecular complexity index is 1020. The summed E-state index contributed by atoms with van der Waals surface area (Å²) < 4.78 is 12.6. The number of hydrogen-bond acceptors (Lipinski definition) is 6. The zero-order valence-electron chi connectivity index (χ0n) is 14.9. The quantitative estimate of drug-likeness (QED) is 0.767. The van der Waals surface area contributed by atoms with E-state index in [9.17, 15) is 5.26 Å². The van der Waals surface area contributed by atoms with Crippen LogP contribution in [-0.2, 0) is 4.74 Å². The zero-order valence-corrected chi connectivity index (χ0v) is 14.9. The van der Waals surface area contributed by atoms with Crippen LogP contribution in [-0.4, -0.2) is 35.1 Å². The Labute approximate surface area is 157 Å². The number of pyridine rings is 1. The van der Waals surface area contributed by atoms with Crippen molar-refractivity contribution in [2.24, 2.45) is 0 Å². The van der Waals surface area contributed by atoms with Crippen molar-refractivity contribution in [3.8, 4) is 28.8 Å². The summed E-state index contributed by atoms with van der Waals surface area (Å²) >= 11 is 0. The van der Waals surface area contributed by atoms with Gasteiger partial charge in [-0.2, -0.15) is 10.4 Å². The number of hydrogen-bond donors (Lipinski definition) is 1. The van der Waals surface area contributed by atoms with Crippen LogP contribution in [0.5, 0.6) is 5.75 Å². The van der Waals surface area contributed by atoms with E-state index in [1.54, 1.807) is 18.0 Å². The summed E-state index contributed by atoms with van der Waals surface area (Å²) in [5.74, 6) is 1.12. The molecule has 2 N–H and O–H groups in total. The van der Waals surface area contributed by atoms with Crippen LogP contribution >= 0.6 is 0 Å². The molecule has 0 bridgehead atoms. The van der Waals surface area contributed by atoms with Gasteiger partial charge in [-0.3, -0.25) is 0 Å². The van der Waals surface area contributed by atoms with Crippen molar-refractivity contribution in [3.05, 3.63) is 53.9 Å². The van der Waals surface area contributed by atoms with Gasteiger partial charge in [-0.1, -0.05) is 12.1 Å². The Balaban J connectivity index is 1.76. The molecule has 0 radical (unpaired) electrons. The Kier molecular flexibility index (Phi) is 4.48. The molecule has 7 nitrogen and oxygen atoms in total. The fourth-order valence-corrected chi connectivity index (χ4v) is 3.36. The molecule has 27 heavy (non-hydrogen) atoms. The third-order valence-corrected chi connectivity index (χ3v) is 4.77. The lowest BCUT2D eigenvalue weighted by Crippen LogP contribution is -2.06. The zero-order chi connectivity index (χ0) is 18.8. The summed E-state index contributed by atoms with van der Waals surface area (Å²) in [5.41, 5.74) is 9.74. The van der Waals surface area contributed by atoms with Gasteiger partial charge in [0.05, 0.1) is 31.2 Å². The smallest absolute Gasteiger partial charge is 0.144 e. The highest BCUT2D eigenvalue weighted by Gasteiger charge is 2.24. The molecule has 0 spiro atoms. The number of anilines is 1. The van der Waals surface area contributed by atoms with Gasteiger partial charge in [0.1, 0.15) is 23.3 Å². The molecule has 0 unspecified atom stereocenters. The predicted octanol–water partition coefficient (Wildman–Crippen LogP) is 2.90. The number of nitrogens with zero attached hydrogens (tertiary/aromatic N) is 4. The first-order chi connectivity index (χ1) is 13.2. The van der Waals surface area contributed by atoms with Gasteiger partial charge in [0.2, 0.25) is 0 Å². The number of ether oxygens (including phenoxy) is 2. The highest BCUT2D eigenvalue weighted by molar-refractivity contribution is 5.66. The van der Waals surface area contributed by atoms with Crippen LogP contribution in [0.2, 0.25) is 0 Å². The maximum Gasteiger partial charge on any atom is 0.144 e. The molecule has 1 atom stereocenters. The molecule has 1 fully saturated rings. The van der Waals surface area contributed by atoms with Crippen molar-refractivity contribution in [2.75, 3.05) is 26.1 Å². The maximum atomic E-state index is 9.49. The predicted molar refractivity (Wildman–Crippen MR) is 101 cm³/mol. The second-order valence-electron chi connectivity index (χ2n) is 6.37. The van der Waals surface area contributed by atoms with Crippen LogP contribution in [0.1, 0.15) is 23.5 Å². The summed E-state index contributed by atoms with van der Waals surface area (Å²) in [5, 5.41) is 13.9. The van der Waals surface area contributed by atoms with Crippen molar-refractivity contribution < 1.29 is 9.47 Å². The SMILES string of the molecule is COc1ccccc1-n1cc(-c2cc([C@@H]3CCOC3)c(C#N)c(N)n2)cn1. The van der Waals surface area contributed by atoms with E-state index >= 15 is 0 Å². The van der Waals surface area contributed by atoms with E-state index in [1.165, 1.54) is 0 Å². The largest absolute Gasteiger partial charge is 0.494 e. The molecule has 136 valence electrons. The average Bonchev–Trinajstić information content (AvgIpc) is 3.39. The molecule has 1 saturated heterocycles. The first kappa shape index (κ1) is 17.1. The lowest BCUT2D eigenvalue weighted by molar-refractivity contribution is 0.194. The summed E-state index contributed by atoms with van der Waals surface area (Å²) in [6, 6.07) is 11.8. The third-order valence-electron chi connectivity index (χ3n) is 4.77. The van der Waals surface area contributed by atoms with E-state index in [0.717, 1.165) is 29.0 Å². The van der Waals surface area contributed by atoms with Crippen LogP contribution in [0.15, 0.2) is 42.7 Å². The summed E-state index contributed by atoms with van der Waals surface area (Å²) in [7, 11) is 1.63. The second-order valence-corrected chi connectivity index (χ2v) is 6.37. The number of methoxy groups -OCH3 is 1. The van der Waals surface area contributed by atoms with E-state index < -0.39 is 0 Å². The molecule has 3 aromatic rings. The molecule has 1 aromatic carbocycles. The normalized spacial score (nSPS) is 16.2. The molecular weight excluding hydrogens is 342 g/mol. The minimum absolute atomic E-state index is 0.160. The van der Waals surface area contributed by atoms with E-state index in [4.69, 9.17) is 15.2 Å². The molecule has 0 aliphatic carbocycles. The maximum absolute atomic E-state index is 9.49. The van der Waals surface area contributed by atoms with Gasteiger partial charge in [0.15, 0.2) is 0 Å². The molecule has 4 rings (SSSR count). The van der Waals surface area contributed by atoms with Crippen molar-refractivity contribution in [2.45, 2.75) is 12.3 Å². The number of nitrogens with two attached hydrogens (primary N) is 1. The molecule has 1 aliphatic rings. The number of nitriles is 1. The molecule has 0 saturated carbocycles. The van der Waals surface area contributed by atoms with Gasteiger partial charge in [-0.15, -0.1) is 0 Å². The Morgan fingerprint density at radius 2 is 2.22 bits per heavy atom. The summed E-state index contributed by atoms with van der Waals surface area (Å²) in [6.45, 7) is 1.29. The Morgan fingerprint density at radius 1 is 1.37 bits per heavy atom. The van der Waals surface area contributed by atoms with Crippen molar-refractivity contribution in [1.29, 1.82) is 5.26 Å². The fourth-order valence-electron chi connectivity index (χ4n) is 3.36. The first-order valence-corrected chi connectivity index (χ1v) is 8.68. The van der Waals surface area contributed by atoms with Crippen LogP contribution in [0.25, 0.3) is 16.9 Å². The molecule has 0 amide bonds. The molecule has 1 aliphatic heterocycles. The lowest BCUT2D eigenvalue weighted by atomic mass is 9.93. The van der Waals surface area contributed by atoms with E-state index in [0.29, 0.717) is 24.5 Å². The fraction of sp³-hybridized carbons (Fsp3) is 0.250. The van der Waals surface area contributed by atoms with E-state index in [2.05, 4.69) is 16.2 Å². The first-order valence-electron chi connectivity index (χ1n) is 8.68. The summed E-state index contributed by atoms with van der Waals surface area (Å²) in [6.07, 6.45) is 4.48. The van der Waals surface area contributed by atoms with Crippen LogP contribution in [0, 0.1) is 11.3 Å². The van der Waals surface area contributed by atoms with Crippen LogP contribution in [0.3, 0.4) is 0 Å². The van der Waals surface area contributed by atoms with Crippen molar-refractivity contribution >= 4 is 5.82 Å². The highest BCUT2D eigenvalue weighted by Crippen LogP contribution is 2.33. The third kappa shape index (κ3) is 3.11. The Morgan fingerprint density at radius 3 is 2.96 bits per heavy atom. The number of benzene rings is 1. The topological polar surface area (TPSA) is 99.0 Å². The van der Waals surface area contributed by atoms with Gasteiger partial charge in [0.25, 0.3) is 0 Å². The van der Waals surface area contributed by atoms with Gasteiger partial charge in [0, 0.05) is 24.3 Å². The molecule has 7 heteroatoms. The minimum atomic E-state index is 0.160. The molecular formula is C20H19N5O2. The highest BCUT2D eigenvalue weighted by atomic mass is 16.5. The van der Waals surface area contributed by atoms with Gasteiger partial charge >= 0.3 is 0 Å². The summed E-state index contributed by atoms with van der Waals surface area (Å²) in [4.78, 5) is 4.43. The van der Waals surface area contributed by atoms with E-state index in [1.807, 2.05) is 36.5 Å². The van der Waals surface area contributed by atoms with Gasteiger partial charge in [-0.25, -0.2) is 9.67 Å². The van der Waals surface area contributed by atoms with Crippen LogP contribution < -0.4 is 10.5 Å². The molecule has 2 aromatic heterocycles. The van der Waals surface area contributed by atoms with Crippen LogP contribution in [0.4, 0.5) is 5.82 Å². The number of nitrogen functional groups attached to an aromatic ring is 1. The van der Waals surface area contributed by atoms with Gasteiger partial charge < -0.3 is 15.2 Å². The number of rotatable bonds is 4. The average molecular weight is 361 g/mol. The molecule has 3 heterocycles. The monoisotopic (exact) mass is 361 g/mol. The van der Waals surface area contributed by atoms with Gasteiger partial charge in [-0.05, 0) is 30.2 Å². The van der Waals surface area contributed by atoms with Crippen molar-refractivity contribution in [3.63, 3.8) is 0 Å². The number of aromatic nitrogens is 3. The minimum Gasteiger partial charge on any atom is -0.494 e. The van der Waals surface area contributed by atoms with E-state index in [-0.39, 0.29) is 11.7 Å².